The number of amides is 1. The number of aliphatic hydroxyl groups excluding tert-OH is 5. The fraction of sp³-hybridized carbons (Fsp3) is 0.829. The highest BCUT2D eigenvalue weighted by Gasteiger charge is 2.44. The van der Waals surface area contributed by atoms with Gasteiger partial charge in [0.15, 0.2) is 6.29 Å². The van der Waals surface area contributed by atoms with Gasteiger partial charge in [-0.15, -0.1) is 0 Å². The second-order valence-corrected chi connectivity index (χ2v) is 14.0. The molecule has 1 heterocycles. The van der Waals surface area contributed by atoms with Crippen LogP contribution in [-0.2, 0) is 14.3 Å². The van der Waals surface area contributed by atoms with E-state index in [1.807, 2.05) is 6.08 Å². The molecule has 7 unspecified atom stereocenters. The number of ether oxygens (including phenoxy) is 2. The summed E-state index contributed by atoms with van der Waals surface area (Å²) in [6.45, 7) is 3.61. The summed E-state index contributed by atoms with van der Waals surface area (Å²) in [6, 6.07) is -0.821. The second kappa shape index (κ2) is 32.1. The van der Waals surface area contributed by atoms with E-state index in [1.165, 1.54) is 89.9 Å². The van der Waals surface area contributed by atoms with E-state index < -0.39 is 49.5 Å². The fourth-order valence-corrected chi connectivity index (χ4v) is 6.19. The zero-order valence-electron chi connectivity index (χ0n) is 31.6. The third-order valence-electron chi connectivity index (χ3n) is 9.46. The Kier molecular flexibility index (Phi) is 29.8. The smallest absolute Gasteiger partial charge is 0.220 e. The lowest BCUT2D eigenvalue weighted by atomic mass is 9.99. The van der Waals surface area contributed by atoms with Gasteiger partial charge in [0, 0.05) is 6.42 Å². The van der Waals surface area contributed by atoms with Crippen molar-refractivity contribution in [3.05, 3.63) is 36.5 Å². The van der Waals surface area contributed by atoms with Crippen LogP contribution < -0.4 is 5.32 Å². The van der Waals surface area contributed by atoms with Crippen LogP contribution in [0.4, 0.5) is 0 Å². The van der Waals surface area contributed by atoms with Crippen LogP contribution in [0.5, 0.6) is 0 Å². The standard InChI is InChI=1S/C41H75NO8/c1-3-5-7-9-11-13-15-16-17-18-19-20-21-23-25-27-29-31-37(45)42-34(33-49-41-40(48)39(47)38(46)36(32-43)50-41)35(44)30-28-26-24-22-14-12-10-8-6-4-2/h6,8,14,22,28,30,34-36,38-41,43-44,46-48H,3-5,7,9-13,15-21,23-27,29,31-33H2,1-2H3,(H,42,45)/b8-6+,22-14+,30-28+. The minimum atomic E-state index is -1.57. The van der Waals surface area contributed by atoms with Crippen LogP contribution in [0.1, 0.15) is 162 Å². The van der Waals surface area contributed by atoms with E-state index in [9.17, 15) is 30.3 Å². The first-order chi connectivity index (χ1) is 24.3. The van der Waals surface area contributed by atoms with Gasteiger partial charge in [-0.3, -0.25) is 4.79 Å². The Hall–Kier alpha value is -1.59. The van der Waals surface area contributed by atoms with Gasteiger partial charge in [0.2, 0.25) is 5.91 Å². The molecular weight excluding hydrogens is 634 g/mol. The predicted molar refractivity (Wildman–Crippen MR) is 203 cm³/mol. The minimum absolute atomic E-state index is 0.194. The average molecular weight is 710 g/mol. The van der Waals surface area contributed by atoms with Crippen molar-refractivity contribution in [1.82, 2.24) is 5.32 Å². The van der Waals surface area contributed by atoms with Crippen molar-refractivity contribution < 1.29 is 39.8 Å². The highest BCUT2D eigenvalue weighted by Crippen LogP contribution is 2.22. The predicted octanol–water partition coefficient (Wildman–Crippen LogP) is 7.33. The molecule has 0 aromatic rings. The van der Waals surface area contributed by atoms with Gasteiger partial charge in [-0.2, -0.15) is 0 Å². The van der Waals surface area contributed by atoms with Gasteiger partial charge in [-0.05, 0) is 38.5 Å². The summed E-state index contributed by atoms with van der Waals surface area (Å²) in [5.74, 6) is -0.194. The number of hydrogen-bond donors (Lipinski definition) is 6. The maximum atomic E-state index is 12.9. The average Bonchev–Trinajstić information content (AvgIpc) is 3.11. The number of carbonyl (C=O) groups excluding carboxylic acids is 1. The summed E-state index contributed by atoms with van der Waals surface area (Å²) in [5, 5.41) is 53.8. The summed E-state index contributed by atoms with van der Waals surface area (Å²) in [7, 11) is 0. The summed E-state index contributed by atoms with van der Waals surface area (Å²) in [5.41, 5.74) is 0. The lowest BCUT2D eigenvalue weighted by Crippen LogP contribution is -2.60. The quantitative estimate of drug-likeness (QED) is 0.0314. The first-order valence-electron chi connectivity index (χ1n) is 20.2. The molecule has 7 atom stereocenters. The molecule has 1 rings (SSSR count). The number of unbranched alkanes of at least 4 members (excludes halogenated alkanes) is 18. The van der Waals surface area contributed by atoms with E-state index in [4.69, 9.17) is 9.47 Å². The van der Waals surface area contributed by atoms with Crippen LogP contribution in [0, 0.1) is 0 Å². The van der Waals surface area contributed by atoms with Crippen LogP contribution in [0.15, 0.2) is 36.5 Å². The topological polar surface area (TPSA) is 149 Å². The molecule has 9 nitrogen and oxygen atoms in total. The van der Waals surface area contributed by atoms with Gasteiger partial charge >= 0.3 is 0 Å². The van der Waals surface area contributed by atoms with Crippen molar-refractivity contribution in [1.29, 1.82) is 0 Å². The van der Waals surface area contributed by atoms with E-state index in [-0.39, 0.29) is 12.5 Å². The van der Waals surface area contributed by atoms with Gasteiger partial charge in [0.25, 0.3) is 0 Å². The number of nitrogens with one attached hydrogen (secondary N) is 1. The van der Waals surface area contributed by atoms with Crippen LogP contribution in [0.2, 0.25) is 0 Å². The Morgan fingerprint density at radius 1 is 0.680 bits per heavy atom. The summed E-state index contributed by atoms with van der Waals surface area (Å²) in [4.78, 5) is 12.9. The van der Waals surface area contributed by atoms with Crippen LogP contribution in [-0.4, -0.2) is 87.5 Å². The van der Waals surface area contributed by atoms with Gasteiger partial charge < -0.3 is 40.3 Å². The van der Waals surface area contributed by atoms with Crippen molar-refractivity contribution in [2.75, 3.05) is 13.2 Å². The Morgan fingerprint density at radius 3 is 1.66 bits per heavy atom. The summed E-state index contributed by atoms with van der Waals surface area (Å²) in [6.07, 6.45) is 30.6. The summed E-state index contributed by atoms with van der Waals surface area (Å²) < 4.78 is 11.1. The SMILES string of the molecule is CC/C=C/CC/C=C/CC/C=C/C(O)C(COC1OC(CO)C(O)C(O)C1O)NC(=O)CCCCCCCCCCCCCCCCCCC. The Bertz CT molecular complexity index is 879. The zero-order chi connectivity index (χ0) is 36.7. The Labute approximate surface area is 304 Å². The van der Waals surface area contributed by atoms with Crippen molar-refractivity contribution in [2.24, 2.45) is 0 Å². The highest BCUT2D eigenvalue weighted by molar-refractivity contribution is 5.76. The lowest BCUT2D eigenvalue weighted by Gasteiger charge is -2.40. The molecule has 1 aliphatic heterocycles. The molecule has 50 heavy (non-hydrogen) atoms. The maximum absolute atomic E-state index is 12.9. The third-order valence-corrected chi connectivity index (χ3v) is 9.46. The molecule has 9 heteroatoms. The molecule has 0 aliphatic carbocycles. The molecule has 1 saturated heterocycles. The Morgan fingerprint density at radius 2 is 1.16 bits per heavy atom. The normalized spacial score (nSPS) is 22.6. The van der Waals surface area contributed by atoms with Gasteiger partial charge in [0.05, 0.1) is 25.4 Å². The molecule has 292 valence electrons. The van der Waals surface area contributed by atoms with Crippen molar-refractivity contribution in [2.45, 2.75) is 204 Å². The number of carbonyl (C=O) groups is 1. The van der Waals surface area contributed by atoms with E-state index in [0.717, 1.165) is 51.4 Å². The van der Waals surface area contributed by atoms with Crippen LogP contribution >= 0.6 is 0 Å². The third kappa shape index (κ3) is 23.1. The molecule has 0 aromatic carbocycles. The number of hydrogen-bond acceptors (Lipinski definition) is 8. The molecule has 0 spiro atoms. The first kappa shape index (κ1) is 46.4. The Balaban J connectivity index is 2.39. The number of aliphatic hydroxyl groups is 5. The van der Waals surface area contributed by atoms with E-state index in [1.54, 1.807) is 6.08 Å². The van der Waals surface area contributed by atoms with Gasteiger partial charge in [-0.1, -0.05) is 153 Å². The largest absolute Gasteiger partial charge is 0.394 e. The molecule has 6 N–H and O–H groups in total. The molecule has 0 radical (unpaired) electrons. The summed E-state index contributed by atoms with van der Waals surface area (Å²) >= 11 is 0. The lowest BCUT2D eigenvalue weighted by molar-refractivity contribution is -0.302. The number of rotatable bonds is 32. The minimum Gasteiger partial charge on any atom is -0.394 e. The zero-order valence-corrected chi connectivity index (χ0v) is 31.6. The molecular formula is C41H75NO8. The van der Waals surface area contributed by atoms with E-state index >= 15 is 0 Å². The molecule has 1 aliphatic rings. The molecule has 0 bridgehead atoms. The van der Waals surface area contributed by atoms with Gasteiger partial charge in [0.1, 0.15) is 24.4 Å². The monoisotopic (exact) mass is 710 g/mol. The molecule has 1 fully saturated rings. The highest BCUT2D eigenvalue weighted by atomic mass is 16.7. The van der Waals surface area contributed by atoms with Crippen LogP contribution in [0.3, 0.4) is 0 Å². The molecule has 0 saturated carbocycles. The van der Waals surface area contributed by atoms with Crippen molar-refractivity contribution in [3.63, 3.8) is 0 Å². The fourth-order valence-electron chi connectivity index (χ4n) is 6.19. The molecule has 0 aromatic heterocycles. The van der Waals surface area contributed by atoms with Crippen LogP contribution in [0.25, 0.3) is 0 Å². The van der Waals surface area contributed by atoms with Crippen molar-refractivity contribution in [3.8, 4) is 0 Å². The van der Waals surface area contributed by atoms with Gasteiger partial charge in [-0.25, -0.2) is 0 Å². The first-order valence-corrected chi connectivity index (χ1v) is 20.2. The second-order valence-electron chi connectivity index (χ2n) is 14.0. The van der Waals surface area contributed by atoms with E-state index in [0.29, 0.717) is 6.42 Å². The maximum Gasteiger partial charge on any atom is 0.220 e. The number of allylic oxidation sites excluding steroid dienone is 5. The van der Waals surface area contributed by atoms with Crippen molar-refractivity contribution >= 4 is 5.91 Å². The van der Waals surface area contributed by atoms with E-state index in [2.05, 4.69) is 43.5 Å². The molecule has 1 amide bonds.